The summed E-state index contributed by atoms with van der Waals surface area (Å²) < 4.78 is 5.01. The first-order valence-corrected chi connectivity index (χ1v) is 7.88. The van der Waals surface area contributed by atoms with E-state index in [9.17, 15) is 4.79 Å². The number of hydrogen-bond acceptors (Lipinski definition) is 5. The van der Waals surface area contributed by atoms with Crippen molar-refractivity contribution < 1.29 is 9.32 Å². The summed E-state index contributed by atoms with van der Waals surface area (Å²) in [5.41, 5.74) is 2.31. The Labute approximate surface area is 140 Å². The smallest absolute Gasteiger partial charge is 0.294 e. The molecule has 1 amide bonds. The molecule has 23 heavy (non-hydrogen) atoms. The predicted molar refractivity (Wildman–Crippen MR) is 90.4 cm³/mol. The fourth-order valence-corrected chi connectivity index (χ4v) is 2.76. The van der Waals surface area contributed by atoms with Crippen molar-refractivity contribution >= 4 is 28.9 Å². The topological polar surface area (TPSA) is 61.6 Å². The number of carbonyl (C=O) groups excluding carboxylic acids is 1. The molecule has 1 aliphatic rings. The maximum absolute atomic E-state index is 12.3. The van der Waals surface area contributed by atoms with E-state index in [1.807, 2.05) is 12.1 Å². The number of aryl methyl sites for hydroxylation is 1. The van der Waals surface area contributed by atoms with Crippen molar-refractivity contribution in [2.24, 2.45) is 0 Å². The van der Waals surface area contributed by atoms with Crippen LogP contribution in [0.3, 0.4) is 0 Å². The van der Waals surface area contributed by atoms with Crippen molar-refractivity contribution in [1.82, 2.24) is 10.1 Å². The van der Waals surface area contributed by atoms with Crippen LogP contribution in [0.4, 0.5) is 11.4 Å². The van der Waals surface area contributed by atoms with E-state index in [0.29, 0.717) is 16.4 Å². The van der Waals surface area contributed by atoms with E-state index in [-0.39, 0.29) is 11.7 Å². The Morgan fingerprint density at radius 1 is 1.26 bits per heavy atom. The van der Waals surface area contributed by atoms with Gasteiger partial charge in [0.15, 0.2) is 0 Å². The standard InChI is InChI=1S/C16H19ClN4O2/c1-11-9-15(23-19-11)16(22)18-13-10-12(17)3-4-14(13)21-7-5-20(2)6-8-21/h3-4,9-10H,5-8H2,1-2H3,(H,18,22). The van der Waals surface area contributed by atoms with Crippen LogP contribution in [0.2, 0.25) is 5.02 Å². The summed E-state index contributed by atoms with van der Waals surface area (Å²) in [6.45, 7) is 5.55. The van der Waals surface area contributed by atoms with Gasteiger partial charge in [-0.3, -0.25) is 4.79 Å². The molecule has 122 valence electrons. The Hall–Kier alpha value is -2.05. The number of halogens is 1. The minimum Gasteiger partial charge on any atom is -0.367 e. The van der Waals surface area contributed by atoms with Crippen LogP contribution in [-0.4, -0.2) is 49.2 Å². The number of aromatic nitrogens is 1. The van der Waals surface area contributed by atoms with Crippen LogP contribution in [0, 0.1) is 6.92 Å². The molecule has 1 aliphatic heterocycles. The number of nitrogens with one attached hydrogen (secondary N) is 1. The highest BCUT2D eigenvalue weighted by atomic mass is 35.5. The molecule has 3 rings (SSSR count). The van der Waals surface area contributed by atoms with Gasteiger partial charge in [0.25, 0.3) is 5.91 Å². The average Bonchev–Trinajstić information content (AvgIpc) is 2.95. The lowest BCUT2D eigenvalue weighted by atomic mass is 10.2. The average molecular weight is 335 g/mol. The molecule has 2 aromatic rings. The molecule has 1 N–H and O–H groups in total. The normalized spacial score (nSPS) is 15.7. The Morgan fingerprint density at radius 3 is 2.65 bits per heavy atom. The molecule has 0 atom stereocenters. The van der Waals surface area contributed by atoms with Crippen molar-refractivity contribution in [3.63, 3.8) is 0 Å². The van der Waals surface area contributed by atoms with Gasteiger partial charge in [0.2, 0.25) is 5.76 Å². The number of nitrogens with zero attached hydrogens (tertiary/aromatic N) is 3. The van der Waals surface area contributed by atoms with Crippen LogP contribution in [0.1, 0.15) is 16.2 Å². The highest BCUT2D eigenvalue weighted by Gasteiger charge is 2.20. The molecule has 1 fully saturated rings. The molecular formula is C16H19ClN4O2. The molecule has 0 unspecified atom stereocenters. The first-order valence-electron chi connectivity index (χ1n) is 7.50. The van der Waals surface area contributed by atoms with E-state index in [0.717, 1.165) is 31.9 Å². The molecule has 0 radical (unpaired) electrons. The molecule has 0 saturated carbocycles. The molecular weight excluding hydrogens is 316 g/mol. The Morgan fingerprint density at radius 2 is 2.00 bits per heavy atom. The fourth-order valence-electron chi connectivity index (χ4n) is 2.59. The summed E-state index contributed by atoms with van der Waals surface area (Å²) in [4.78, 5) is 16.8. The number of likely N-dealkylation sites (N-methyl/N-ethyl adjacent to an activating group) is 1. The SMILES string of the molecule is Cc1cc(C(=O)Nc2cc(Cl)ccc2N2CCN(C)CC2)on1. The van der Waals surface area contributed by atoms with Crippen molar-refractivity contribution in [3.05, 3.63) is 40.7 Å². The highest BCUT2D eigenvalue weighted by molar-refractivity contribution is 6.31. The Balaban J connectivity index is 1.83. The summed E-state index contributed by atoms with van der Waals surface area (Å²) in [6, 6.07) is 7.14. The zero-order valence-electron chi connectivity index (χ0n) is 13.2. The number of anilines is 2. The van der Waals surface area contributed by atoms with Crippen molar-refractivity contribution in [2.75, 3.05) is 43.4 Å². The molecule has 0 aliphatic carbocycles. The van der Waals surface area contributed by atoms with E-state index in [4.69, 9.17) is 16.1 Å². The monoisotopic (exact) mass is 334 g/mol. The van der Waals surface area contributed by atoms with Gasteiger partial charge < -0.3 is 19.6 Å². The lowest BCUT2D eigenvalue weighted by Gasteiger charge is -2.35. The number of rotatable bonds is 3. The number of hydrogen-bond donors (Lipinski definition) is 1. The lowest BCUT2D eigenvalue weighted by Crippen LogP contribution is -2.44. The van der Waals surface area contributed by atoms with E-state index >= 15 is 0 Å². The summed E-state index contributed by atoms with van der Waals surface area (Å²) >= 11 is 6.10. The number of benzene rings is 1. The van der Waals surface area contributed by atoms with Crippen LogP contribution in [0.25, 0.3) is 0 Å². The first kappa shape index (κ1) is 15.8. The molecule has 0 bridgehead atoms. The predicted octanol–water partition coefficient (Wildman–Crippen LogP) is 2.64. The minimum atomic E-state index is -0.330. The van der Waals surface area contributed by atoms with E-state index < -0.39 is 0 Å². The number of piperazine rings is 1. The van der Waals surface area contributed by atoms with E-state index in [1.54, 1.807) is 19.1 Å². The Kier molecular flexibility index (Phi) is 4.54. The quantitative estimate of drug-likeness (QED) is 0.935. The molecule has 6 nitrogen and oxygen atoms in total. The highest BCUT2D eigenvalue weighted by Crippen LogP contribution is 2.30. The lowest BCUT2D eigenvalue weighted by molar-refractivity contribution is 0.0988. The van der Waals surface area contributed by atoms with Crippen LogP contribution in [0.5, 0.6) is 0 Å². The van der Waals surface area contributed by atoms with E-state index in [1.165, 1.54) is 0 Å². The van der Waals surface area contributed by atoms with Gasteiger partial charge in [0.1, 0.15) is 0 Å². The summed E-state index contributed by atoms with van der Waals surface area (Å²) in [5.74, 6) is -0.143. The zero-order valence-corrected chi connectivity index (χ0v) is 13.9. The summed E-state index contributed by atoms with van der Waals surface area (Å²) in [5, 5.41) is 7.19. The van der Waals surface area contributed by atoms with Gasteiger partial charge in [0.05, 0.1) is 17.1 Å². The van der Waals surface area contributed by atoms with Gasteiger partial charge >= 0.3 is 0 Å². The largest absolute Gasteiger partial charge is 0.367 e. The maximum atomic E-state index is 12.3. The molecule has 1 aromatic carbocycles. The summed E-state index contributed by atoms with van der Waals surface area (Å²) in [7, 11) is 2.11. The van der Waals surface area contributed by atoms with Crippen LogP contribution in [0.15, 0.2) is 28.8 Å². The van der Waals surface area contributed by atoms with Crippen LogP contribution in [-0.2, 0) is 0 Å². The third-order valence-electron chi connectivity index (χ3n) is 3.90. The first-order chi connectivity index (χ1) is 11.0. The minimum absolute atomic E-state index is 0.187. The molecule has 1 saturated heterocycles. The van der Waals surface area contributed by atoms with Crippen molar-refractivity contribution in [2.45, 2.75) is 6.92 Å². The third kappa shape index (κ3) is 3.65. The third-order valence-corrected chi connectivity index (χ3v) is 4.14. The second kappa shape index (κ2) is 6.60. The maximum Gasteiger partial charge on any atom is 0.294 e. The van der Waals surface area contributed by atoms with Crippen LogP contribution < -0.4 is 10.2 Å². The zero-order chi connectivity index (χ0) is 16.4. The van der Waals surface area contributed by atoms with Gasteiger partial charge in [-0.2, -0.15) is 0 Å². The van der Waals surface area contributed by atoms with Gasteiger partial charge in [-0.05, 0) is 32.2 Å². The number of carbonyl (C=O) groups is 1. The van der Waals surface area contributed by atoms with Gasteiger partial charge in [0, 0.05) is 37.3 Å². The van der Waals surface area contributed by atoms with E-state index in [2.05, 4.69) is 27.3 Å². The second-order valence-electron chi connectivity index (χ2n) is 5.74. The van der Waals surface area contributed by atoms with Gasteiger partial charge in [-0.15, -0.1) is 0 Å². The summed E-state index contributed by atoms with van der Waals surface area (Å²) in [6.07, 6.45) is 0. The Bertz CT molecular complexity index is 708. The molecule has 1 aromatic heterocycles. The molecule has 0 spiro atoms. The van der Waals surface area contributed by atoms with Crippen molar-refractivity contribution in [1.29, 1.82) is 0 Å². The van der Waals surface area contributed by atoms with Gasteiger partial charge in [-0.1, -0.05) is 16.8 Å². The van der Waals surface area contributed by atoms with Crippen LogP contribution >= 0.6 is 11.6 Å². The number of amides is 1. The fraction of sp³-hybridized carbons (Fsp3) is 0.375. The molecule has 2 heterocycles. The van der Waals surface area contributed by atoms with Gasteiger partial charge in [-0.25, -0.2) is 0 Å². The molecule has 7 heteroatoms. The second-order valence-corrected chi connectivity index (χ2v) is 6.17. The van der Waals surface area contributed by atoms with Crippen molar-refractivity contribution in [3.8, 4) is 0 Å².